The molecule has 110 valence electrons. The lowest BCUT2D eigenvalue weighted by atomic mass is 10.1. The van der Waals surface area contributed by atoms with Crippen LogP contribution in [-0.2, 0) is 27.3 Å². The van der Waals surface area contributed by atoms with Gasteiger partial charge in [0.05, 0.1) is 25.4 Å². The van der Waals surface area contributed by atoms with Crippen LogP contribution in [0.25, 0.3) is 0 Å². The number of phenolic OH excluding ortho intramolecular Hbond substituents is 1. The summed E-state index contributed by atoms with van der Waals surface area (Å²) in [7, 11) is 1.30. The summed E-state index contributed by atoms with van der Waals surface area (Å²) in [6.45, 7) is -0.0150. The number of phenols is 1. The number of amides is 1. The first kappa shape index (κ1) is 14.6. The summed E-state index contributed by atoms with van der Waals surface area (Å²) >= 11 is 0. The standard InChI is InChI=1S/C14H15N3O4/c1-21-14(20)9-17-8-11(7-15-17)16-13(19)6-10-3-2-4-12(18)5-10/h2-5,7-8,18H,6,9H2,1H3,(H,16,19). The number of nitrogens with zero attached hydrogens (tertiary/aromatic N) is 2. The number of carbonyl (C=O) groups is 2. The van der Waals surface area contributed by atoms with E-state index in [0.29, 0.717) is 11.3 Å². The van der Waals surface area contributed by atoms with Gasteiger partial charge >= 0.3 is 5.97 Å². The van der Waals surface area contributed by atoms with Gasteiger partial charge in [-0.1, -0.05) is 12.1 Å². The minimum atomic E-state index is -0.421. The fraction of sp³-hybridized carbons (Fsp3) is 0.214. The van der Waals surface area contributed by atoms with Crippen molar-refractivity contribution in [2.45, 2.75) is 13.0 Å². The van der Waals surface area contributed by atoms with E-state index in [0.717, 1.165) is 0 Å². The molecule has 21 heavy (non-hydrogen) atoms. The molecule has 1 aromatic carbocycles. The summed E-state index contributed by atoms with van der Waals surface area (Å²) in [5.41, 5.74) is 1.19. The van der Waals surface area contributed by atoms with Gasteiger partial charge in [0.1, 0.15) is 12.3 Å². The molecular formula is C14H15N3O4. The summed E-state index contributed by atoms with van der Waals surface area (Å²) in [4.78, 5) is 23.0. The Morgan fingerprint density at radius 3 is 2.95 bits per heavy atom. The van der Waals surface area contributed by atoms with Crippen LogP contribution in [0.2, 0.25) is 0 Å². The Morgan fingerprint density at radius 2 is 2.24 bits per heavy atom. The minimum absolute atomic E-state index is 0.0150. The van der Waals surface area contributed by atoms with Crippen molar-refractivity contribution in [3.8, 4) is 5.75 Å². The Labute approximate surface area is 121 Å². The normalized spacial score (nSPS) is 10.1. The van der Waals surface area contributed by atoms with E-state index in [4.69, 9.17) is 0 Å². The molecule has 0 fully saturated rings. The number of aromatic nitrogens is 2. The van der Waals surface area contributed by atoms with E-state index in [1.807, 2.05) is 0 Å². The van der Waals surface area contributed by atoms with E-state index in [1.165, 1.54) is 36.3 Å². The van der Waals surface area contributed by atoms with Crippen LogP contribution in [0.5, 0.6) is 5.75 Å². The molecule has 1 heterocycles. The summed E-state index contributed by atoms with van der Waals surface area (Å²) in [6.07, 6.45) is 3.12. The first-order valence-electron chi connectivity index (χ1n) is 6.24. The second-order valence-corrected chi connectivity index (χ2v) is 4.40. The van der Waals surface area contributed by atoms with E-state index in [1.54, 1.807) is 12.1 Å². The van der Waals surface area contributed by atoms with Gasteiger partial charge in [0.2, 0.25) is 5.91 Å². The second kappa shape index (κ2) is 6.56. The Morgan fingerprint density at radius 1 is 1.43 bits per heavy atom. The van der Waals surface area contributed by atoms with Crippen molar-refractivity contribution in [2.75, 3.05) is 12.4 Å². The van der Waals surface area contributed by atoms with Gasteiger partial charge in [-0.2, -0.15) is 5.10 Å². The van der Waals surface area contributed by atoms with Gasteiger partial charge in [0.25, 0.3) is 0 Å². The van der Waals surface area contributed by atoms with Crippen molar-refractivity contribution < 1.29 is 19.4 Å². The molecule has 1 amide bonds. The topological polar surface area (TPSA) is 93.5 Å². The summed E-state index contributed by atoms with van der Waals surface area (Å²) in [5.74, 6) is -0.542. The van der Waals surface area contributed by atoms with Gasteiger partial charge in [-0.15, -0.1) is 0 Å². The maximum atomic E-state index is 11.9. The molecule has 7 nitrogen and oxygen atoms in total. The van der Waals surface area contributed by atoms with Crippen LogP contribution in [0, 0.1) is 0 Å². The lowest BCUT2D eigenvalue weighted by Gasteiger charge is -2.03. The highest BCUT2D eigenvalue weighted by molar-refractivity contribution is 5.92. The Hall–Kier alpha value is -2.83. The van der Waals surface area contributed by atoms with Crippen molar-refractivity contribution in [1.29, 1.82) is 0 Å². The maximum absolute atomic E-state index is 11.9. The number of methoxy groups -OCH3 is 1. The molecule has 0 saturated heterocycles. The highest BCUT2D eigenvalue weighted by Gasteiger charge is 2.08. The molecule has 0 radical (unpaired) electrons. The maximum Gasteiger partial charge on any atom is 0.327 e. The van der Waals surface area contributed by atoms with Gasteiger partial charge in [0, 0.05) is 6.20 Å². The molecule has 2 aromatic rings. The van der Waals surface area contributed by atoms with Crippen molar-refractivity contribution in [3.63, 3.8) is 0 Å². The third-order valence-corrected chi connectivity index (χ3v) is 2.71. The number of aromatic hydroxyl groups is 1. The molecule has 7 heteroatoms. The smallest absolute Gasteiger partial charge is 0.327 e. The molecule has 0 unspecified atom stereocenters. The average Bonchev–Trinajstić information content (AvgIpc) is 2.85. The Kier molecular flexibility index (Phi) is 4.55. The molecular weight excluding hydrogens is 274 g/mol. The number of carbonyl (C=O) groups excluding carboxylic acids is 2. The Bertz CT molecular complexity index is 651. The zero-order valence-corrected chi connectivity index (χ0v) is 11.4. The molecule has 1 aromatic heterocycles. The zero-order valence-electron chi connectivity index (χ0n) is 11.4. The molecule has 2 N–H and O–H groups in total. The van der Waals surface area contributed by atoms with Gasteiger partial charge in [-0.05, 0) is 17.7 Å². The van der Waals surface area contributed by atoms with Crippen LogP contribution in [0.4, 0.5) is 5.69 Å². The van der Waals surface area contributed by atoms with Crippen LogP contribution in [-0.4, -0.2) is 33.9 Å². The van der Waals surface area contributed by atoms with Crippen molar-refractivity contribution >= 4 is 17.6 Å². The van der Waals surface area contributed by atoms with Crippen molar-refractivity contribution in [3.05, 3.63) is 42.2 Å². The molecule has 0 saturated carbocycles. The van der Waals surface area contributed by atoms with Gasteiger partial charge in [-0.25, -0.2) is 0 Å². The van der Waals surface area contributed by atoms with E-state index >= 15 is 0 Å². The van der Waals surface area contributed by atoms with Gasteiger partial charge in [-0.3, -0.25) is 14.3 Å². The lowest BCUT2D eigenvalue weighted by Crippen LogP contribution is -2.14. The fourth-order valence-corrected chi connectivity index (χ4v) is 1.77. The van der Waals surface area contributed by atoms with Crippen LogP contribution in [0.1, 0.15) is 5.56 Å². The van der Waals surface area contributed by atoms with Gasteiger partial charge < -0.3 is 15.2 Å². The molecule has 2 rings (SSSR count). The zero-order chi connectivity index (χ0) is 15.2. The summed E-state index contributed by atoms with van der Waals surface area (Å²) < 4.78 is 5.89. The molecule has 0 atom stereocenters. The highest BCUT2D eigenvalue weighted by atomic mass is 16.5. The fourth-order valence-electron chi connectivity index (χ4n) is 1.77. The van der Waals surface area contributed by atoms with E-state index < -0.39 is 5.97 Å². The number of rotatable bonds is 5. The third kappa shape index (κ3) is 4.34. The van der Waals surface area contributed by atoms with Crippen molar-refractivity contribution in [1.82, 2.24) is 9.78 Å². The van der Waals surface area contributed by atoms with Crippen LogP contribution in [0.3, 0.4) is 0 Å². The SMILES string of the molecule is COC(=O)Cn1cc(NC(=O)Cc2cccc(O)c2)cn1. The predicted molar refractivity (Wildman–Crippen MR) is 74.7 cm³/mol. The third-order valence-electron chi connectivity index (χ3n) is 2.71. The number of hydrogen-bond acceptors (Lipinski definition) is 5. The number of benzene rings is 1. The average molecular weight is 289 g/mol. The molecule has 0 aliphatic heterocycles. The number of hydrogen-bond donors (Lipinski definition) is 2. The van der Waals surface area contributed by atoms with E-state index in [-0.39, 0.29) is 24.6 Å². The lowest BCUT2D eigenvalue weighted by molar-refractivity contribution is -0.141. The van der Waals surface area contributed by atoms with E-state index in [2.05, 4.69) is 15.2 Å². The van der Waals surface area contributed by atoms with Gasteiger partial charge in [0.15, 0.2) is 0 Å². The predicted octanol–water partition coefficient (Wildman–Crippen LogP) is 0.943. The number of ether oxygens (including phenoxy) is 1. The number of anilines is 1. The van der Waals surface area contributed by atoms with Crippen LogP contribution < -0.4 is 5.32 Å². The monoisotopic (exact) mass is 289 g/mol. The minimum Gasteiger partial charge on any atom is -0.508 e. The number of nitrogens with one attached hydrogen (secondary N) is 1. The highest BCUT2D eigenvalue weighted by Crippen LogP contribution is 2.12. The first-order valence-corrected chi connectivity index (χ1v) is 6.24. The molecule has 0 aliphatic rings. The molecule has 0 aliphatic carbocycles. The number of esters is 1. The first-order chi connectivity index (χ1) is 10.1. The van der Waals surface area contributed by atoms with Crippen LogP contribution in [0.15, 0.2) is 36.7 Å². The van der Waals surface area contributed by atoms with Crippen LogP contribution >= 0.6 is 0 Å². The molecule has 0 spiro atoms. The largest absolute Gasteiger partial charge is 0.508 e. The van der Waals surface area contributed by atoms with Crippen molar-refractivity contribution in [2.24, 2.45) is 0 Å². The quantitative estimate of drug-likeness (QED) is 0.799. The van der Waals surface area contributed by atoms with E-state index in [9.17, 15) is 14.7 Å². The molecule has 0 bridgehead atoms. The summed E-state index contributed by atoms with van der Waals surface area (Å²) in [5, 5.41) is 15.9. The second-order valence-electron chi connectivity index (χ2n) is 4.40. The Balaban J connectivity index is 1.92. The summed E-state index contributed by atoms with van der Waals surface area (Å²) in [6, 6.07) is 6.49.